The van der Waals surface area contributed by atoms with Gasteiger partial charge in [0.15, 0.2) is 0 Å². The molecule has 0 aliphatic rings. The summed E-state index contributed by atoms with van der Waals surface area (Å²) in [7, 11) is 0. The van der Waals surface area contributed by atoms with Gasteiger partial charge < -0.3 is 5.11 Å². The summed E-state index contributed by atoms with van der Waals surface area (Å²) >= 11 is 0. The second-order valence-corrected chi connectivity index (χ2v) is 5.43. The van der Waals surface area contributed by atoms with Crippen molar-refractivity contribution in [3.8, 4) is 0 Å². The lowest BCUT2D eigenvalue weighted by Gasteiger charge is -2.40. The fraction of sp³-hybridized carbons (Fsp3) is 0.643. The summed E-state index contributed by atoms with van der Waals surface area (Å²) in [6, 6.07) is 5.73. The Labute approximate surface area is 98.7 Å². The molecule has 1 rings (SSSR count). The van der Waals surface area contributed by atoms with Gasteiger partial charge in [-0.2, -0.15) is 0 Å². The fourth-order valence-electron chi connectivity index (χ4n) is 1.93. The standard InChI is InChI=1S/C14H23NO/c1-5-6-10-14(16,13(2,3)4)12-9-7-8-11-15-12/h7-9,11,16H,5-6,10H2,1-4H3. The smallest absolute Gasteiger partial charge is 0.111 e. The van der Waals surface area contributed by atoms with Gasteiger partial charge in [-0.3, -0.25) is 4.98 Å². The molecular formula is C14H23NO. The maximum Gasteiger partial charge on any atom is 0.111 e. The van der Waals surface area contributed by atoms with Crippen molar-refractivity contribution in [3.05, 3.63) is 30.1 Å². The third-order valence-corrected chi connectivity index (χ3v) is 3.22. The minimum atomic E-state index is -0.829. The number of aliphatic hydroxyl groups is 1. The van der Waals surface area contributed by atoms with Gasteiger partial charge in [-0.1, -0.05) is 46.6 Å². The first-order chi connectivity index (χ1) is 7.42. The molecule has 0 fully saturated rings. The summed E-state index contributed by atoms with van der Waals surface area (Å²) in [6.07, 6.45) is 4.62. The molecule has 0 spiro atoms. The Morgan fingerprint density at radius 1 is 1.25 bits per heavy atom. The number of hydrogen-bond acceptors (Lipinski definition) is 2. The van der Waals surface area contributed by atoms with Gasteiger partial charge in [0.2, 0.25) is 0 Å². The van der Waals surface area contributed by atoms with Crippen LogP contribution in [-0.4, -0.2) is 10.1 Å². The summed E-state index contributed by atoms with van der Waals surface area (Å²) < 4.78 is 0. The van der Waals surface area contributed by atoms with Gasteiger partial charge in [0.05, 0.1) is 5.69 Å². The number of nitrogens with zero attached hydrogens (tertiary/aromatic N) is 1. The molecule has 0 amide bonds. The summed E-state index contributed by atoms with van der Waals surface area (Å²) in [5.41, 5.74) is -0.239. The molecule has 0 aliphatic carbocycles. The van der Waals surface area contributed by atoms with Crippen LogP contribution in [0.2, 0.25) is 0 Å². The van der Waals surface area contributed by atoms with E-state index < -0.39 is 5.60 Å². The summed E-state index contributed by atoms with van der Waals surface area (Å²) in [4.78, 5) is 4.32. The highest BCUT2D eigenvalue weighted by molar-refractivity contribution is 5.16. The van der Waals surface area contributed by atoms with Gasteiger partial charge >= 0.3 is 0 Å². The first-order valence-electron chi connectivity index (χ1n) is 6.05. The lowest BCUT2D eigenvalue weighted by atomic mass is 9.71. The lowest BCUT2D eigenvalue weighted by molar-refractivity contribution is -0.0762. The molecule has 1 aromatic heterocycles. The van der Waals surface area contributed by atoms with E-state index in [4.69, 9.17) is 0 Å². The maximum atomic E-state index is 10.9. The second-order valence-electron chi connectivity index (χ2n) is 5.43. The van der Waals surface area contributed by atoms with Crippen molar-refractivity contribution < 1.29 is 5.11 Å². The van der Waals surface area contributed by atoms with E-state index in [-0.39, 0.29) is 5.41 Å². The zero-order chi connectivity index (χ0) is 12.2. The van der Waals surface area contributed by atoms with E-state index in [0.29, 0.717) is 0 Å². The van der Waals surface area contributed by atoms with Crippen LogP contribution in [0.3, 0.4) is 0 Å². The fourth-order valence-corrected chi connectivity index (χ4v) is 1.93. The van der Waals surface area contributed by atoms with E-state index in [9.17, 15) is 5.11 Å². The van der Waals surface area contributed by atoms with Crippen LogP contribution in [0, 0.1) is 5.41 Å². The highest BCUT2D eigenvalue weighted by atomic mass is 16.3. The molecule has 1 aromatic rings. The number of hydrogen-bond donors (Lipinski definition) is 1. The van der Waals surface area contributed by atoms with E-state index in [0.717, 1.165) is 25.0 Å². The SMILES string of the molecule is CCCCC(O)(c1ccccn1)C(C)(C)C. The highest BCUT2D eigenvalue weighted by Gasteiger charge is 2.41. The van der Waals surface area contributed by atoms with Crippen molar-refractivity contribution in [2.24, 2.45) is 5.41 Å². The zero-order valence-electron chi connectivity index (χ0n) is 10.8. The van der Waals surface area contributed by atoms with Gasteiger partial charge in [-0.15, -0.1) is 0 Å². The Balaban J connectivity index is 3.05. The minimum absolute atomic E-state index is 0.198. The highest BCUT2D eigenvalue weighted by Crippen LogP contribution is 2.42. The van der Waals surface area contributed by atoms with E-state index in [1.54, 1.807) is 6.20 Å². The first kappa shape index (κ1) is 13.2. The summed E-state index contributed by atoms with van der Waals surface area (Å²) in [6.45, 7) is 8.34. The first-order valence-corrected chi connectivity index (χ1v) is 6.05. The third-order valence-electron chi connectivity index (χ3n) is 3.22. The van der Waals surface area contributed by atoms with Crippen molar-refractivity contribution in [1.29, 1.82) is 0 Å². The lowest BCUT2D eigenvalue weighted by Crippen LogP contribution is -2.40. The molecule has 90 valence electrons. The van der Waals surface area contributed by atoms with Crippen LogP contribution < -0.4 is 0 Å². The molecule has 0 bridgehead atoms. The third kappa shape index (κ3) is 2.62. The van der Waals surface area contributed by atoms with Gasteiger partial charge in [-0.05, 0) is 24.0 Å². The molecule has 16 heavy (non-hydrogen) atoms. The van der Waals surface area contributed by atoms with Gasteiger partial charge in [0, 0.05) is 6.20 Å². The second kappa shape index (κ2) is 4.96. The Morgan fingerprint density at radius 3 is 2.38 bits per heavy atom. The molecule has 1 N–H and O–H groups in total. The number of pyridine rings is 1. The molecular weight excluding hydrogens is 198 g/mol. The van der Waals surface area contributed by atoms with Crippen molar-refractivity contribution in [2.45, 2.75) is 52.6 Å². The van der Waals surface area contributed by atoms with E-state index in [1.807, 2.05) is 18.2 Å². The number of rotatable bonds is 4. The van der Waals surface area contributed by atoms with E-state index in [1.165, 1.54) is 0 Å². The average Bonchev–Trinajstić information content (AvgIpc) is 2.25. The molecule has 1 unspecified atom stereocenters. The summed E-state index contributed by atoms with van der Waals surface area (Å²) in [5, 5.41) is 10.9. The van der Waals surface area contributed by atoms with Crippen LogP contribution in [0.5, 0.6) is 0 Å². The topological polar surface area (TPSA) is 33.1 Å². The van der Waals surface area contributed by atoms with Crippen molar-refractivity contribution in [2.75, 3.05) is 0 Å². The Hall–Kier alpha value is -0.890. The normalized spacial score (nSPS) is 15.8. The quantitative estimate of drug-likeness (QED) is 0.844. The predicted octanol–water partition coefficient (Wildman–Crippen LogP) is 3.51. The van der Waals surface area contributed by atoms with Crippen molar-refractivity contribution in [1.82, 2.24) is 4.98 Å². The Bertz CT molecular complexity index is 315. The maximum absolute atomic E-state index is 10.9. The molecule has 0 radical (unpaired) electrons. The molecule has 1 atom stereocenters. The molecule has 1 heterocycles. The number of unbranched alkanes of at least 4 members (excludes halogenated alkanes) is 1. The van der Waals surface area contributed by atoms with Gasteiger partial charge in [-0.25, -0.2) is 0 Å². The van der Waals surface area contributed by atoms with Crippen LogP contribution in [0.15, 0.2) is 24.4 Å². The molecule has 0 aliphatic heterocycles. The summed E-state index contributed by atoms with van der Waals surface area (Å²) in [5.74, 6) is 0. The zero-order valence-corrected chi connectivity index (χ0v) is 10.8. The van der Waals surface area contributed by atoms with E-state index in [2.05, 4.69) is 32.7 Å². The van der Waals surface area contributed by atoms with E-state index >= 15 is 0 Å². The molecule has 0 saturated carbocycles. The Morgan fingerprint density at radius 2 is 1.94 bits per heavy atom. The average molecular weight is 221 g/mol. The van der Waals surface area contributed by atoms with Crippen molar-refractivity contribution >= 4 is 0 Å². The van der Waals surface area contributed by atoms with Crippen LogP contribution >= 0.6 is 0 Å². The van der Waals surface area contributed by atoms with Gasteiger partial charge in [0.25, 0.3) is 0 Å². The van der Waals surface area contributed by atoms with Crippen molar-refractivity contribution in [3.63, 3.8) is 0 Å². The molecule has 2 heteroatoms. The minimum Gasteiger partial charge on any atom is -0.383 e. The van der Waals surface area contributed by atoms with Crippen LogP contribution in [0.25, 0.3) is 0 Å². The largest absolute Gasteiger partial charge is 0.383 e. The Kier molecular flexibility index (Phi) is 4.09. The van der Waals surface area contributed by atoms with Crippen LogP contribution in [-0.2, 0) is 5.60 Å². The van der Waals surface area contributed by atoms with Gasteiger partial charge in [0.1, 0.15) is 5.60 Å². The van der Waals surface area contributed by atoms with Crippen LogP contribution in [0.4, 0.5) is 0 Å². The molecule has 2 nitrogen and oxygen atoms in total. The predicted molar refractivity (Wildman–Crippen MR) is 67.1 cm³/mol. The molecule has 0 saturated heterocycles. The molecule has 0 aromatic carbocycles. The monoisotopic (exact) mass is 221 g/mol. The van der Waals surface area contributed by atoms with Crippen LogP contribution in [0.1, 0.15) is 52.7 Å². The number of aromatic nitrogens is 1.